The van der Waals surface area contributed by atoms with E-state index in [-0.39, 0.29) is 6.61 Å². The summed E-state index contributed by atoms with van der Waals surface area (Å²) in [6.45, 7) is 3.58. The zero-order valence-electron chi connectivity index (χ0n) is 17.0. The Hall–Kier alpha value is -3.53. The summed E-state index contributed by atoms with van der Waals surface area (Å²) in [6.07, 6.45) is 2.38. The summed E-state index contributed by atoms with van der Waals surface area (Å²) in [5, 5.41) is 11.7. The lowest BCUT2D eigenvalue weighted by Crippen LogP contribution is -2.32. The van der Waals surface area contributed by atoms with Crippen molar-refractivity contribution in [3.63, 3.8) is 0 Å². The number of carbonyl (C=O) groups excluding carboxylic acids is 2. The number of nitrogens with one attached hydrogen (secondary N) is 1. The highest BCUT2D eigenvalue weighted by Crippen LogP contribution is 2.24. The fraction of sp³-hybridized carbons (Fsp3) is 0.348. The highest BCUT2D eigenvalue weighted by atomic mass is 16.6. The standard InChI is InChI=1S/C23H25N3O4/c1-17-10-12-26(13-11-17)20-8-6-19(7-9-20)25-22(27)15-30-23(28)16-29-21-5-3-2-4-18(21)14-24/h2-9,17H,10-13,15-16H2,1H3,(H,25,27). The molecule has 3 rings (SSSR count). The van der Waals surface area contributed by atoms with E-state index in [4.69, 9.17) is 14.7 Å². The topological polar surface area (TPSA) is 91.7 Å². The van der Waals surface area contributed by atoms with Gasteiger partial charge in [-0.05, 0) is 55.2 Å². The van der Waals surface area contributed by atoms with Gasteiger partial charge in [-0.2, -0.15) is 5.26 Å². The number of hydrogen-bond acceptors (Lipinski definition) is 6. The number of esters is 1. The monoisotopic (exact) mass is 407 g/mol. The number of nitrogens with zero attached hydrogens (tertiary/aromatic N) is 2. The normalized spacial score (nSPS) is 13.9. The number of anilines is 2. The summed E-state index contributed by atoms with van der Waals surface area (Å²) in [5.74, 6) is -0.0495. The number of ether oxygens (including phenoxy) is 2. The Balaban J connectivity index is 1.41. The van der Waals surface area contributed by atoms with Gasteiger partial charge in [0, 0.05) is 24.5 Å². The molecule has 2 aromatic carbocycles. The Morgan fingerprint density at radius 3 is 2.50 bits per heavy atom. The first-order chi connectivity index (χ1) is 14.5. The van der Waals surface area contributed by atoms with Gasteiger partial charge in [-0.3, -0.25) is 4.79 Å². The van der Waals surface area contributed by atoms with Crippen LogP contribution in [0.4, 0.5) is 11.4 Å². The van der Waals surface area contributed by atoms with E-state index in [1.807, 2.05) is 30.3 Å². The third kappa shape index (κ3) is 5.98. The Bertz CT molecular complexity index is 913. The second kappa shape index (κ2) is 10.3. The Morgan fingerprint density at radius 2 is 1.80 bits per heavy atom. The molecule has 0 unspecified atom stereocenters. The van der Waals surface area contributed by atoms with Crippen LogP contribution in [0.1, 0.15) is 25.3 Å². The maximum atomic E-state index is 12.0. The molecule has 0 aromatic heterocycles. The molecule has 1 N–H and O–H groups in total. The van der Waals surface area contributed by atoms with Crippen molar-refractivity contribution in [3.8, 4) is 11.8 Å². The van der Waals surface area contributed by atoms with E-state index in [1.165, 1.54) is 12.8 Å². The molecule has 0 spiro atoms. The molecule has 0 bridgehead atoms. The van der Waals surface area contributed by atoms with Crippen LogP contribution in [0.15, 0.2) is 48.5 Å². The van der Waals surface area contributed by atoms with E-state index < -0.39 is 18.5 Å². The van der Waals surface area contributed by atoms with Gasteiger partial charge in [0.25, 0.3) is 5.91 Å². The Morgan fingerprint density at radius 1 is 1.10 bits per heavy atom. The Kier molecular flexibility index (Phi) is 7.28. The highest BCUT2D eigenvalue weighted by molar-refractivity contribution is 5.93. The molecule has 0 radical (unpaired) electrons. The van der Waals surface area contributed by atoms with Crippen molar-refractivity contribution < 1.29 is 19.1 Å². The van der Waals surface area contributed by atoms with Crippen LogP contribution in [0.25, 0.3) is 0 Å². The minimum Gasteiger partial charge on any atom is -0.481 e. The zero-order chi connectivity index (χ0) is 21.3. The molecule has 0 aliphatic carbocycles. The molecule has 0 atom stereocenters. The Labute approximate surface area is 176 Å². The average molecular weight is 407 g/mol. The second-order valence-corrected chi connectivity index (χ2v) is 7.32. The number of piperidine rings is 1. The summed E-state index contributed by atoms with van der Waals surface area (Å²) in [5.41, 5.74) is 2.11. The van der Waals surface area contributed by atoms with Gasteiger partial charge in [-0.25, -0.2) is 4.79 Å². The molecule has 1 fully saturated rings. The molecule has 0 saturated carbocycles. The molecule has 1 amide bonds. The van der Waals surface area contributed by atoms with E-state index in [9.17, 15) is 9.59 Å². The van der Waals surface area contributed by atoms with Crippen LogP contribution >= 0.6 is 0 Å². The maximum Gasteiger partial charge on any atom is 0.344 e. The zero-order valence-corrected chi connectivity index (χ0v) is 17.0. The van der Waals surface area contributed by atoms with Crippen LogP contribution < -0.4 is 15.0 Å². The van der Waals surface area contributed by atoms with Crippen LogP contribution in [-0.4, -0.2) is 38.2 Å². The van der Waals surface area contributed by atoms with Crippen molar-refractivity contribution in [1.29, 1.82) is 5.26 Å². The van der Waals surface area contributed by atoms with Crippen molar-refractivity contribution in [3.05, 3.63) is 54.1 Å². The summed E-state index contributed by atoms with van der Waals surface area (Å²) < 4.78 is 10.2. The number of nitriles is 1. The molecular weight excluding hydrogens is 382 g/mol. The molecule has 1 heterocycles. The van der Waals surface area contributed by atoms with Crippen molar-refractivity contribution >= 4 is 23.3 Å². The first-order valence-corrected chi connectivity index (χ1v) is 9.97. The van der Waals surface area contributed by atoms with Gasteiger partial charge in [0.05, 0.1) is 5.56 Å². The van der Waals surface area contributed by atoms with Gasteiger partial charge >= 0.3 is 5.97 Å². The maximum absolute atomic E-state index is 12.0. The molecule has 7 heteroatoms. The van der Waals surface area contributed by atoms with Crippen LogP contribution in [0.3, 0.4) is 0 Å². The summed E-state index contributed by atoms with van der Waals surface area (Å²) >= 11 is 0. The van der Waals surface area contributed by atoms with Crippen LogP contribution in [-0.2, 0) is 14.3 Å². The van der Waals surface area contributed by atoms with Crippen molar-refractivity contribution in [2.75, 3.05) is 36.5 Å². The molecule has 156 valence electrons. The third-order valence-electron chi connectivity index (χ3n) is 5.02. The van der Waals surface area contributed by atoms with E-state index in [0.717, 1.165) is 24.7 Å². The number of hydrogen-bond donors (Lipinski definition) is 1. The SMILES string of the molecule is CC1CCN(c2ccc(NC(=O)COC(=O)COc3ccccc3C#N)cc2)CC1. The third-order valence-corrected chi connectivity index (χ3v) is 5.02. The van der Waals surface area contributed by atoms with Gasteiger partial charge in [0.2, 0.25) is 0 Å². The quantitative estimate of drug-likeness (QED) is 0.708. The average Bonchev–Trinajstić information content (AvgIpc) is 2.77. The number of para-hydroxylation sites is 1. The van der Waals surface area contributed by atoms with E-state index in [2.05, 4.69) is 17.1 Å². The van der Waals surface area contributed by atoms with Crippen molar-refractivity contribution in [2.24, 2.45) is 5.92 Å². The first-order valence-electron chi connectivity index (χ1n) is 9.97. The van der Waals surface area contributed by atoms with Gasteiger partial charge in [-0.1, -0.05) is 19.1 Å². The van der Waals surface area contributed by atoms with Gasteiger partial charge in [0.1, 0.15) is 11.8 Å². The predicted octanol–water partition coefficient (Wildman–Crippen LogP) is 3.36. The lowest BCUT2D eigenvalue weighted by Gasteiger charge is -2.32. The van der Waals surface area contributed by atoms with Crippen molar-refractivity contribution in [2.45, 2.75) is 19.8 Å². The predicted molar refractivity (Wildman–Crippen MR) is 113 cm³/mol. The van der Waals surface area contributed by atoms with E-state index in [0.29, 0.717) is 17.0 Å². The van der Waals surface area contributed by atoms with Gasteiger partial charge in [-0.15, -0.1) is 0 Å². The number of benzene rings is 2. The molecular formula is C23H25N3O4. The lowest BCUT2D eigenvalue weighted by molar-refractivity contribution is -0.149. The molecule has 2 aromatic rings. The summed E-state index contributed by atoms with van der Waals surface area (Å²) in [4.78, 5) is 26.2. The second-order valence-electron chi connectivity index (χ2n) is 7.32. The lowest BCUT2D eigenvalue weighted by atomic mass is 9.99. The van der Waals surface area contributed by atoms with Crippen LogP contribution in [0.2, 0.25) is 0 Å². The first kappa shape index (κ1) is 21.2. The van der Waals surface area contributed by atoms with E-state index >= 15 is 0 Å². The number of rotatable bonds is 7. The summed E-state index contributed by atoms with van der Waals surface area (Å²) in [7, 11) is 0. The highest BCUT2D eigenvalue weighted by Gasteiger charge is 2.16. The van der Waals surface area contributed by atoms with Gasteiger partial charge < -0.3 is 19.7 Å². The minimum atomic E-state index is -0.687. The number of carbonyl (C=O) groups is 2. The molecule has 1 saturated heterocycles. The van der Waals surface area contributed by atoms with Crippen LogP contribution in [0, 0.1) is 17.2 Å². The fourth-order valence-electron chi connectivity index (χ4n) is 3.23. The molecule has 30 heavy (non-hydrogen) atoms. The molecule has 7 nitrogen and oxygen atoms in total. The largest absolute Gasteiger partial charge is 0.481 e. The molecule has 1 aliphatic heterocycles. The van der Waals surface area contributed by atoms with Crippen molar-refractivity contribution in [1.82, 2.24) is 0 Å². The van der Waals surface area contributed by atoms with Crippen LogP contribution in [0.5, 0.6) is 5.75 Å². The van der Waals surface area contributed by atoms with E-state index in [1.54, 1.807) is 24.3 Å². The van der Waals surface area contributed by atoms with Gasteiger partial charge in [0.15, 0.2) is 13.2 Å². The minimum absolute atomic E-state index is 0.296. The fourth-order valence-corrected chi connectivity index (χ4v) is 3.23. The molecule has 1 aliphatic rings. The smallest absolute Gasteiger partial charge is 0.344 e. The number of amides is 1. The summed E-state index contributed by atoms with van der Waals surface area (Å²) in [6, 6.07) is 16.2.